The molecule has 0 unspecified atom stereocenters. The van der Waals surface area contributed by atoms with Crippen molar-refractivity contribution in [3.63, 3.8) is 0 Å². The van der Waals surface area contributed by atoms with Crippen LogP contribution in [0.2, 0.25) is 0 Å². The zero-order valence-corrected chi connectivity index (χ0v) is 12.9. The highest BCUT2D eigenvalue weighted by Gasteiger charge is 2.40. The van der Waals surface area contributed by atoms with Crippen LogP contribution in [0.1, 0.15) is 17.4 Å². The number of ether oxygens (including phenoxy) is 1. The normalized spacial score (nSPS) is 20.4. The highest BCUT2D eigenvalue weighted by Crippen LogP contribution is 2.28. The zero-order valence-electron chi connectivity index (χ0n) is 12.9. The first kappa shape index (κ1) is 16.7. The minimum atomic E-state index is -4.50. The van der Waals surface area contributed by atoms with Gasteiger partial charge < -0.3 is 14.5 Å². The maximum Gasteiger partial charge on any atom is 0.406 e. The van der Waals surface area contributed by atoms with Crippen LogP contribution in [-0.4, -0.2) is 75.8 Å². The summed E-state index contributed by atoms with van der Waals surface area (Å²) < 4.78 is 43.8. The molecule has 0 spiro atoms. The summed E-state index contributed by atoms with van der Waals surface area (Å²) in [5.41, 5.74) is -0.0679. The molecule has 2 aliphatic rings. The van der Waals surface area contributed by atoms with Gasteiger partial charge in [0.1, 0.15) is 13.1 Å². The highest BCUT2D eigenvalue weighted by molar-refractivity contribution is 5.96. The van der Waals surface area contributed by atoms with Crippen molar-refractivity contribution in [1.82, 2.24) is 24.8 Å². The van der Waals surface area contributed by atoms with Crippen molar-refractivity contribution in [3.05, 3.63) is 11.9 Å². The summed E-state index contributed by atoms with van der Waals surface area (Å²) >= 11 is 0. The summed E-state index contributed by atoms with van der Waals surface area (Å²) in [5.74, 6) is -1.36. The van der Waals surface area contributed by atoms with E-state index in [9.17, 15) is 22.8 Å². The molecule has 0 atom stereocenters. The van der Waals surface area contributed by atoms with E-state index in [0.717, 1.165) is 4.90 Å². The summed E-state index contributed by atoms with van der Waals surface area (Å²) in [6.45, 7) is 1.52. The van der Waals surface area contributed by atoms with Crippen LogP contribution in [0, 0.1) is 5.41 Å². The number of halogens is 3. The number of alkyl halides is 3. The van der Waals surface area contributed by atoms with Gasteiger partial charge in [0, 0.05) is 5.41 Å². The average molecular weight is 347 g/mol. The van der Waals surface area contributed by atoms with Crippen LogP contribution in [0.5, 0.6) is 0 Å². The first-order chi connectivity index (χ1) is 11.2. The molecule has 2 aliphatic heterocycles. The Bertz CT molecular complexity index is 656. The van der Waals surface area contributed by atoms with Gasteiger partial charge in [-0.1, -0.05) is 12.1 Å². The number of amides is 2. The SMILES string of the molecule is CC1(Cn2cc(C(=O)N3CC(=O)N(CC(F)(F)F)C3)nn2)COC1. The van der Waals surface area contributed by atoms with E-state index in [0.29, 0.717) is 24.7 Å². The molecule has 0 bridgehead atoms. The highest BCUT2D eigenvalue weighted by atomic mass is 19.4. The molecular weight excluding hydrogens is 331 g/mol. The molecule has 11 heteroatoms. The Labute approximate surface area is 135 Å². The molecule has 8 nitrogen and oxygen atoms in total. The van der Waals surface area contributed by atoms with E-state index < -0.39 is 37.7 Å². The summed E-state index contributed by atoms with van der Waals surface area (Å²) in [7, 11) is 0. The van der Waals surface area contributed by atoms with Gasteiger partial charge in [0.2, 0.25) is 5.91 Å². The van der Waals surface area contributed by atoms with Crippen LogP contribution in [-0.2, 0) is 16.1 Å². The van der Waals surface area contributed by atoms with Crippen LogP contribution in [0.4, 0.5) is 13.2 Å². The smallest absolute Gasteiger partial charge is 0.380 e. The Balaban J connectivity index is 1.62. The molecule has 3 rings (SSSR count). The van der Waals surface area contributed by atoms with Crippen molar-refractivity contribution < 1.29 is 27.5 Å². The third kappa shape index (κ3) is 3.50. The first-order valence-corrected chi connectivity index (χ1v) is 7.27. The lowest BCUT2D eigenvalue weighted by molar-refractivity contribution is -0.157. The number of carbonyl (C=O) groups is 2. The van der Waals surface area contributed by atoms with Crippen molar-refractivity contribution in [1.29, 1.82) is 0 Å². The molecule has 3 heterocycles. The Hall–Kier alpha value is -2.17. The zero-order chi connectivity index (χ0) is 17.5. The van der Waals surface area contributed by atoms with Crippen LogP contribution < -0.4 is 0 Å². The molecule has 0 radical (unpaired) electrons. The quantitative estimate of drug-likeness (QED) is 0.773. The predicted molar refractivity (Wildman–Crippen MR) is 72.6 cm³/mol. The maximum absolute atomic E-state index is 12.4. The van der Waals surface area contributed by atoms with Gasteiger partial charge in [0.05, 0.1) is 32.6 Å². The van der Waals surface area contributed by atoms with Gasteiger partial charge in [-0.15, -0.1) is 5.10 Å². The van der Waals surface area contributed by atoms with Crippen LogP contribution in [0.15, 0.2) is 6.20 Å². The van der Waals surface area contributed by atoms with Gasteiger partial charge in [-0.3, -0.25) is 14.3 Å². The molecule has 132 valence electrons. The fraction of sp³-hybridized carbons (Fsp3) is 0.692. The van der Waals surface area contributed by atoms with E-state index in [2.05, 4.69) is 10.3 Å². The molecule has 0 aromatic carbocycles. The van der Waals surface area contributed by atoms with E-state index in [-0.39, 0.29) is 11.1 Å². The lowest BCUT2D eigenvalue weighted by atomic mass is 9.89. The van der Waals surface area contributed by atoms with Gasteiger partial charge in [0.15, 0.2) is 5.69 Å². The largest absolute Gasteiger partial charge is 0.406 e. The van der Waals surface area contributed by atoms with Crippen molar-refractivity contribution >= 4 is 11.8 Å². The number of hydrogen-bond donors (Lipinski definition) is 0. The number of carbonyl (C=O) groups excluding carboxylic acids is 2. The Morgan fingerprint density at radius 1 is 1.42 bits per heavy atom. The Kier molecular flexibility index (Phi) is 3.98. The molecule has 0 aliphatic carbocycles. The fourth-order valence-corrected chi connectivity index (χ4v) is 2.66. The molecule has 2 amide bonds. The second-order valence-corrected chi connectivity index (χ2v) is 6.46. The number of rotatable bonds is 4. The fourth-order valence-electron chi connectivity index (χ4n) is 2.66. The molecule has 0 saturated carbocycles. The van der Waals surface area contributed by atoms with Gasteiger partial charge in [0.25, 0.3) is 5.91 Å². The van der Waals surface area contributed by atoms with Crippen LogP contribution in [0.3, 0.4) is 0 Å². The minimum absolute atomic E-state index is 0.000463. The molecule has 1 aromatic rings. The van der Waals surface area contributed by atoms with E-state index in [1.54, 1.807) is 0 Å². The first-order valence-electron chi connectivity index (χ1n) is 7.27. The topological polar surface area (TPSA) is 80.6 Å². The summed E-state index contributed by atoms with van der Waals surface area (Å²) in [5, 5.41) is 7.62. The average Bonchev–Trinajstić information content (AvgIpc) is 3.02. The van der Waals surface area contributed by atoms with E-state index in [4.69, 9.17) is 4.74 Å². The van der Waals surface area contributed by atoms with Crippen LogP contribution in [0.25, 0.3) is 0 Å². The number of nitrogens with zero attached hydrogens (tertiary/aromatic N) is 5. The predicted octanol–water partition coefficient (Wildman–Crippen LogP) is 0.119. The maximum atomic E-state index is 12.4. The lowest BCUT2D eigenvalue weighted by Gasteiger charge is -2.37. The molecular formula is C13H16F3N5O3. The third-order valence-electron chi connectivity index (χ3n) is 3.88. The number of hydrogen-bond acceptors (Lipinski definition) is 5. The second-order valence-electron chi connectivity index (χ2n) is 6.46. The van der Waals surface area contributed by atoms with E-state index in [1.807, 2.05) is 6.92 Å². The van der Waals surface area contributed by atoms with Gasteiger partial charge in [-0.2, -0.15) is 13.2 Å². The Morgan fingerprint density at radius 3 is 2.71 bits per heavy atom. The molecule has 24 heavy (non-hydrogen) atoms. The van der Waals surface area contributed by atoms with Gasteiger partial charge in [-0.05, 0) is 0 Å². The third-order valence-corrected chi connectivity index (χ3v) is 3.88. The molecule has 2 saturated heterocycles. The van der Waals surface area contributed by atoms with Crippen molar-refractivity contribution in [2.45, 2.75) is 19.6 Å². The van der Waals surface area contributed by atoms with E-state index >= 15 is 0 Å². The second kappa shape index (κ2) is 5.72. The van der Waals surface area contributed by atoms with E-state index in [1.165, 1.54) is 10.9 Å². The summed E-state index contributed by atoms with van der Waals surface area (Å²) in [4.78, 5) is 25.5. The summed E-state index contributed by atoms with van der Waals surface area (Å²) in [6.07, 6.45) is -3.07. The van der Waals surface area contributed by atoms with Crippen molar-refractivity contribution in [2.24, 2.45) is 5.41 Å². The molecule has 0 N–H and O–H groups in total. The summed E-state index contributed by atoms with van der Waals surface area (Å²) in [6, 6.07) is 0. The Morgan fingerprint density at radius 2 is 2.12 bits per heavy atom. The molecule has 2 fully saturated rings. The van der Waals surface area contributed by atoms with Crippen molar-refractivity contribution in [2.75, 3.05) is 33.0 Å². The number of aromatic nitrogens is 3. The van der Waals surface area contributed by atoms with Crippen molar-refractivity contribution in [3.8, 4) is 0 Å². The van der Waals surface area contributed by atoms with Crippen LogP contribution >= 0.6 is 0 Å². The lowest BCUT2D eigenvalue weighted by Crippen LogP contribution is -2.43. The van der Waals surface area contributed by atoms with Gasteiger partial charge in [-0.25, -0.2) is 0 Å². The van der Waals surface area contributed by atoms with Gasteiger partial charge >= 0.3 is 6.18 Å². The molecule has 1 aromatic heterocycles. The minimum Gasteiger partial charge on any atom is -0.380 e. The standard InChI is InChI=1S/C13H16F3N5O3/c1-12(6-24-7-12)4-21-2-9(17-18-21)11(23)19-3-10(22)20(8-19)5-13(14,15)16/h2H,3-8H2,1H3. The monoisotopic (exact) mass is 347 g/mol.